The van der Waals surface area contributed by atoms with Crippen LogP contribution in [0.1, 0.15) is 19.8 Å². The highest BCUT2D eigenvalue weighted by atomic mass is 16.4. The number of piperidine rings is 1. The van der Waals surface area contributed by atoms with Crippen LogP contribution < -0.4 is 10.6 Å². The van der Waals surface area contributed by atoms with Gasteiger partial charge in [0.05, 0.1) is 0 Å². The molecule has 4 nitrogen and oxygen atoms in total. The number of hydrogen-bond donors (Lipinski definition) is 2. The molecule has 15 heavy (non-hydrogen) atoms. The van der Waals surface area contributed by atoms with Crippen molar-refractivity contribution >= 4 is 18.7 Å². The molecule has 0 spiro atoms. The lowest BCUT2D eigenvalue weighted by Gasteiger charge is -2.29. The molecule has 0 saturated carbocycles. The molecular weight excluding hydrogens is 193 g/mol. The predicted molar refractivity (Wildman–Crippen MR) is 59.1 cm³/mol. The summed E-state index contributed by atoms with van der Waals surface area (Å²) in [5, 5.41) is 17.8. The number of rotatable bonds is 2. The molecule has 1 aromatic heterocycles. The molecule has 2 heterocycles. The first-order valence-corrected chi connectivity index (χ1v) is 5.37. The van der Waals surface area contributed by atoms with Gasteiger partial charge in [-0.05, 0) is 24.8 Å². The van der Waals surface area contributed by atoms with Crippen LogP contribution in [-0.2, 0) is 0 Å². The van der Waals surface area contributed by atoms with Gasteiger partial charge in [-0.15, -0.1) is 0 Å². The summed E-state index contributed by atoms with van der Waals surface area (Å²) in [5.74, 6) is 1.52. The van der Waals surface area contributed by atoms with Crippen molar-refractivity contribution in [2.75, 3.05) is 18.0 Å². The highest BCUT2D eigenvalue weighted by Gasteiger charge is 2.21. The second kappa shape index (κ2) is 4.29. The normalized spacial score (nSPS) is 18.2. The van der Waals surface area contributed by atoms with E-state index in [-0.39, 0.29) is 5.66 Å². The maximum atomic E-state index is 8.92. The molecule has 1 fully saturated rings. The average Bonchev–Trinajstić information content (AvgIpc) is 2.68. The van der Waals surface area contributed by atoms with Gasteiger partial charge in [0, 0.05) is 19.2 Å². The van der Waals surface area contributed by atoms with E-state index in [1.54, 1.807) is 12.1 Å². The summed E-state index contributed by atoms with van der Waals surface area (Å²) < 4.78 is 5.35. The molecule has 2 N–H and O–H groups in total. The smallest absolute Gasteiger partial charge is 0.449 e. The van der Waals surface area contributed by atoms with E-state index in [0.29, 0.717) is 0 Å². The Labute approximate surface area is 89.7 Å². The topological polar surface area (TPSA) is 56.8 Å². The van der Waals surface area contributed by atoms with Crippen molar-refractivity contribution in [2.45, 2.75) is 19.8 Å². The molecule has 0 bridgehead atoms. The first-order valence-electron chi connectivity index (χ1n) is 5.37. The van der Waals surface area contributed by atoms with Gasteiger partial charge < -0.3 is 19.4 Å². The molecule has 1 saturated heterocycles. The van der Waals surface area contributed by atoms with E-state index in [1.165, 1.54) is 0 Å². The SMILES string of the molecule is CC1CCN(c2ccc(B(O)O)o2)CC1. The lowest BCUT2D eigenvalue weighted by Crippen LogP contribution is -2.33. The molecule has 0 amide bonds. The Kier molecular flexibility index (Phi) is 3.02. The minimum Gasteiger partial charge on any atom is -0.449 e. The van der Waals surface area contributed by atoms with Crippen LogP contribution in [0.2, 0.25) is 0 Å². The number of furan rings is 1. The molecule has 2 rings (SSSR count). The lowest BCUT2D eigenvalue weighted by molar-refractivity contribution is 0.399. The number of anilines is 1. The Hall–Kier alpha value is -0.935. The molecule has 1 aromatic rings. The van der Waals surface area contributed by atoms with E-state index in [1.807, 2.05) is 0 Å². The van der Waals surface area contributed by atoms with E-state index in [9.17, 15) is 0 Å². The van der Waals surface area contributed by atoms with Gasteiger partial charge >= 0.3 is 7.12 Å². The van der Waals surface area contributed by atoms with Gasteiger partial charge in [-0.1, -0.05) is 6.92 Å². The van der Waals surface area contributed by atoms with Crippen LogP contribution >= 0.6 is 0 Å². The largest absolute Gasteiger partial charge is 0.526 e. The maximum absolute atomic E-state index is 8.92. The quantitative estimate of drug-likeness (QED) is 0.683. The Morgan fingerprint density at radius 2 is 2.00 bits per heavy atom. The summed E-state index contributed by atoms with van der Waals surface area (Å²) in [7, 11) is -1.51. The third kappa shape index (κ3) is 2.35. The molecule has 0 atom stereocenters. The monoisotopic (exact) mass is 209 g/mol. The van der Waals surface area contributed by atoms with Crippen molar-refractivity contribution in [1.82, 2.24) is 0 Å². The molecule has 1 aliphatic heterocycles. The van der Waals surface area contributed by atoms with E-state index in [4.69, 9.17) is 14.5 Å². The highest BCUT2D eigenvalue weighted by molar-refractivity contribution is 6.57. The Balaban J connectivity index is 2.03. The predicted octanol–water partition coefficient (Wildman–Crippen LogP) is 0.196. The van der Waals surface area contributed by atoms with E-state index in [2.05, 4.69) is 11.8 Å². The van der Waals surface area contributed by atoms with Crippen molar-refractivity contribution in [3.63, 3.8) is 0 Å². The molecule has 0 aliphatic carbocycles. The van der Waals surface area contributed by atoms with Crippen LogP contribution in [0.3, 0.4) is 0 Å². The van der Waals surface area contributed by atoms with E-state index >= 15 is 0 Å². The minimum absolute atomic E-state index is 0.212. The summed E-state index contributed by atoms with van der Waals surface area (Å²) in [6.07, 6.45) is 2.33. The second-order valence-corrected chi connectivity index (χ2v) is 4.22. The van der Waals surface area contributed by atoms with Crippen LogP contribution in [0.4, 0.5) is 5.88 Å². The van der Waals surface area contributed by atoms with Crippen LogP contribution in [0.15, 0.2) is 16.5 Å². The van der Waals surface area contributed by atoms with Gasteiger partial charge in [0.2, 0.25) is 0 Å². The van der Waals surface area contributed by atoms with Crippen molar-refractivity contribution < 1.29 is 14.5 Å². The maximum Gasteiger partial charge on any atom is 0.526 e. The minimum atomic E-state index is -1.51. The first kappa shape index (κ1) is 10.6. The highest BCUT2D eigenvalue weighted by Crippen LogP contribution is 2.22. The van der Waals surface area contributed by atoms with E-state index < -0.39 is 7.12 Å². The zero-order chi connectivity index (χ0) is 10.8. The van der Waals surface area contributed by atoms with Crippen LogP contribution in [0.5, 0.6) is 0 Å². The van der Waals surface area contributed by atoms with Gasteiger partial charge in [0.25, 0.3) is 0 Å². The van der Waals surface area contributed by atoms with Crippen LogP contribution in [0, 0.1) is 5.92 Å². The Morgan fingerprint density at radius 3 is 2.53 bits per heavy atom. The fraction of sp³-hybridized carbons (Fsp3) is 0.600. The van der Waals surface area contributed by atoms with Crippen LogP contribution in [-0.4, -0.2) is 30.3 Å². The summed E-state index contributed by atoms with van der Waals surface area (Å²) in [6, 6.07) is 3.41. The molecule has 0 radical (unpaired) electrons. The van der Waals surface area contributed by atoms with Crippen LogP contribution in [0.25, 0.3) is 0 Å². The Morgan fingerprint density at radius 1 is 1.33 bits per heavy atom. The van der Waals surface area contributed by atoms with Gasteiger partial charge in [-0.2, -0.15) is 0 Å². The fourth-order valence-corrected chi connectivity index (χ4v) is 1.88. The van der Waals surface area contributed by atoms with Crippen molar-refractivity contribution in [1.29, 1.82) is 0 Å². The third-order valence-electron chi connectivity index (χ3n) is 2.96. The summed E-state index contributed by atoms with van der Waals surface area (Å²) >= 11 is 0. The fourth-order valence-electron chi connectivity index (χ4n) is 1.88. The van der Waals surface area contributed by atoms with Crippen molar-refractivity contribution in [2.24, 2.45) is 5.92 Å². The van der Waals surface area contributed by atoms with E-state index in [0.717, 1.165) is 37.7 Å². The zero-order valence-corrected chi connectivity index (χ0v) is 8.89. The molecule has 0 aromatic carbocycles. The van der Waals surface area contributed by atoms with Gasteiger partial charge in [-0.25, -0.2) is 0 Å². The number of hydrogen-bond acceptors (Lipinski definition) is 4. The first-order chi connectivity index (χ1) is 7.16. The van der Waals surface area contributed by atoms with Crippen molar-refractivity contribution in [3.05, 3.63) is 12.1 Å². The molecular formula is C10H16BNO3. The number of nitrogens with zero attached hydrogens (tertiary/aromatic N) is 1. The third-order valence-corrected chi connectivity index (χ3v) is 2.96. The molecule has 0 unspecified atom stereocenters. The lowest BCUT2D eigenvalue weighted by atomic mass is 9.88. The average molecular weight is 209 g/mol. The summed E-state index contributed by atoms with van der Waals surface area (Å²) in [4.78, 5) is 2.14. The second-order valence-electron chi connectivity index (χ2n) is 4.22. The zero-order valence-electron chi connectivity index (χ0n) is 8.89. The summed E-state index contributed by atoms with van der Waals surface area (Å²) in [6.45, 7) is 4.22. The molecule has 5 heteroatoms. The summed E-state index contributed by atoms with van der Waals surface area (Å²) in [5.41, 5.74) is 0.212. The van der Waals surface area contributed by atoms with Gasteiger partial charge in [0.1, 0.15) is 5.66 Å². The van der Waals surface area contributed by atoms with Gasteiger partial charge in [-0.3, -0.25) is 0 Å². The molecule has 82 valence electrons. The van der Waals surface area contributed by atoms with Gasteiger partial charge in [0.15, 0.2) is 5.88 Å². The molecule has 1 aliphatic rings. The Bertz CT molecular complexity index is 318. The standard InChI is InChI=1S/C10H16BNO3/c1-8-4-6-12(7-5-8)10-3-2-9(15-10)11(13)14/h2-3,8,13-14H,4-7H2,1H3. The van der Waals surface area contributed by atoms with Crippen molar-refractivity contribution in [3.8, 4) is 0 Å².